The molecule has 1 aromatic heterocycles. The van der Waals surface area contributed by atoms with Crippen molar-refractivity contribution in [2.75, 3.05) is 19.4 Å². The number of amides is 1. The molecule has 0 spiro atoms. The van der Waals surface area contributed by atoms with Gasteiger partial charge in [-0.05, 0) is 31.2 Å². The van der Waals surface area contributed by atoms with E-state index < -0.39 is 0 Å². The van der Waals surface area contributed by atoms with Crippen LogP contribution >= 0.6 is 0 Å². The SMILES string of the molecule is C[C@@H](NC1=C(Nc2cccc(C(=O)N(C)C)c2O)C(=O)C1)c1ccco1. The summed E-state index contributed by atoms with van der Waals surface area (Å²) in [5.74, 6) is 0.196. The van der Waals surface area contributed by atoms with E-state index in [1.165, 1.54) is 11.0 Å². The van der Waals surface area contributed by atoms with E-state index in [9.17, 15) is 14.7 Å². The zero-order chi connectivity index (χ0) is 18.8. The number of nitrogens with one attached hydrogen (secondary N) is 2. The van der Waals surface area contributed by atoms with Crippen LogP contribution in [0.25, 0.3) is 0 Å². The molecule has 1 heterocycles. The third-order valence-electron chi connectivity index (χ3n) is 4.21. The molecule has 26 heavy (non-hydrogen) atoms. The Kier molecular flexibility index (Phi) is 4.71. The van der Waals surface area contributed by atoms with Gasteiger partial charge >= 0.3 is 0 Å². The van der Waals surface area contributed by atoms with Crippen molar-refractivity contribution in [3.05, 3.63) is 59.3 Å². The second-order valence-electron chi connectivity index (χ2n) is 6.36. The summed E-state index contributed by atoms with van der Waals surface area (Å²) in [5, 5.41) is 16.6. The average Bonchev–Trinajstić information content (AvgIpc) is 3.14. The Morgan fingerprint density at radius 1 is 1.27 bits per heavy atom. The Bertz CT molecular complexity index is 869. The number of phenols is 1. The summed E-state index contributed by atoms with van der Waals surface area (Å²) in [7, 11) is 3.22. The first-order chi connectivity index (χ1) is 12.4. The summed E-state index contributed by atoms with van der Waals surface area (Å²) >= 11 is 0. The summed E-state index contributed by atoms with van der Waals surface area (Å²) in [6.07, 6.45) is 1.88. The molecule has 1 amide bonds. The number of carbonyl (C=O) groups is 2. The van der Waals surface area contributed by atoms with Crippen molar-refractivity contribution in [2.45, 2.75) is 19.4 Å². The Hall–Kier alpha value is -3.22. The molecule has 3 N–H and O–H groups in total. The number of phenolic OH excluding ortho intramolecular Hbond substituents is 1. The zero-order valence-electron chi connectivity index (χ0n) is 14.9. The van der Waals surface area contributed by atoms with Gasteiger partial charge in [0.25, 0.3) is 5.91 Å². The predicted octanol–water partition coefficient (Wildman–Crippen LogP) is 2.63. The van der Waals surface area contributed by atoms with Crippen molar-refractivity contribution in [3.63, 3.8) is 0 Å². The number of allylic oxidation sites excluding steroid dienone is 2. The number of hydrogen-bond donors (Lipinski definition) is 3. The number of furan rings is 1. The third kappa shape index (κ3) is 3.28. The van der Waals surface area contributed by atoms with Crippen LogP contribution in [-0.2, 0) is 4.79 Å². The smallest absolute Gasteiger partial charge is 0.257 e. The standard InChI is InChI=1S/C19H21N3O4/c1-11(16-8-5-9-26-16)20-14-10-15(23)17(14)21-13-7-4-6-12(18(13)24)19(25)22(2)3/h4-9,11,20-21,24H,10H2,1-3H3/t11-/m1/s1. The fourth-order valence-corrected chi connectivity index (χ4v) is 2.73. The lowest BCUT2D eigenvalue weighted by molar-refractivity contribution is -0.116. The minimum Gasteiger partial charge on any atom is -0.505 e. The lowest BCUT2D eigenvalue weighted by Crippen LogP contribution is -2.33. The largest absolute Gasteiger partial charge is 0.505 e. The number of rotatable bonds is 6. The Morgan fingerprint density at radius 3 is 2.65 bits per heavy atom. The molecule has 0 bridgehead atoms. The summed E-state index contributed by atoms with van der Waals surface area (Å²) in [4.78, 5) is 25.5. The van der Waals surface area contributed by atoms with E-state index >= 15 is 0 Å². The summed E-state index contributed by atoms with van der Waals surface area (Å²) in [6, 6.07) is 8.37. The van der Waals surface area contributed by atoms with E-state index in [-0.39, 0.29) is 35.5 Å². The number of Topliss-reactive ketones (excluding diaryl/α,β-unsaturated/α-hetero) is 1. The molecule has 136 valence electrons. The molecule has 0 fully saturated rings. The fourth-order valence-electron chi connectivity index (χ4n) is 2.73. The van der Waals surface area contributed by atoms with Gasteiger partial charge in [-0.15, -0.1) is 0 Å². The maximum atomic E-state index is 12.1. The normalized spacial score (nSPS) is 14.7. The van der Waals surface area contributed by atoms with Gasteiger partial charge in [-0.2, -0.15) is 0 Å². The van der Waals surface area contributed by atoms with Gasteiger partial charge in [0.15, 0.2) is 11.5 Å². The van der Waals surface area contributed by atoms with E-state index in [1.54, 1.807) is 38.6 Å². The molecular weight excluding hydrogens is 334 g/mol. The van der Waals surface area contributed by atoms with Crippen LogP contribution in [0.3, 0.4) is 0 Å². The average molecular weight is 355 g/mol. The molecule has 0 aliphatic heterocycles. The Morgan fingerprint density at radius 2 is 2.04 bits per heavy atom. The molecule has 2 aromatic rings. The van der Waals surface area contributed by atoms with Crippen LogP contribution in [0.15, 0.2) is 52.4 Å². The van der Waals surface area contributed by atoms with E-state index in [0.29, 0.717) is 11.4 Å². The highest BCUT2D eigenvalue weighted by atomic mass is 16.3. The molecule has 1 atom stereocenters. The number of hydrogen-bond acceptors (Lipinski definition) is 6. The summed E-state index contributed by atoms with van der Waals surface area (Å²) in [6.45, 7) is 1.93. The van der Waals surface area contributed by atoms with Gasteiger partial charge < -0.3 is 25.1 Å². The van der Waals surface area contributed by atoms with E-state index in [2.05, 4.69) is 10.6 Å². The van der Waals surface area contributed by atoms with Gasteiger partial charge in [-0.1, -0.05) is 6.07 Å². The van der Waals surface area contributed by atoms with E-state index in [0.717, 1.165) is 11.5 Å². The Balaban J connectivity index is 1.82. The van der Waals surface area contributed by atoms with Crippen molar-refractivity contribution in [2.24, 2.45) is 0 Å². The molecule has 1 aromatic carbocycles. The Labute approximate surface area is 151 Å². The third-order valence-corrected chi connectivity index (χ3v) is 4.21. The molecule has 0 unspecified atom stereocenters. The van der Waals surface area contributed by atoms with Crippen molar-refractivity contribution < 1.29 is 19.1 Å². The maximum Gasteiger partial charge on any atom is 0.257 e. The van der Waals surface area contributed by atoms with Gasteiger partial charge in [0.05, 0.1) is 30.0 Å². The van der Waals surface area contributed by atoms with Crippen molar-refractivity contribution >= 4 is 17.4 Å². The van der Waals surface area contributed by atoms with Crippen molar-refractivity contribution in [1.82, 2.24) is 10.2 Å². The van der Waals surface area contributed by atoms with Crippen LogP contribution in [-0.4, -0.2) is 35.8 Å². The molecule has 7 heteroatoms. The molecule has 7 nitrogen and oxygen atoms in total. The number of anilines is 1. The van der Waals surface area contributed by atoms with Crippen molar-refractivity contribution in [1.29, 1.82) is 0 Å². The highest BCUT2D eigenvalue weighted by Crippen LogP contribution is 2.33. The quantitative estimate of drug-likeness (QED) is 0.690. The monoisotopic (exact) mass is 355 g/mol. The molecule has 1 aliphatic rings. The zero-order valence-corrected chi connectivity index (χ0v) is 14.9. The number of ketones is 1. The second-order valence-corrected chi connectivity index (χ2v) is 6.36. The van der Waals surface area contributed by atoms with Gasteiger partial charge in [-0.25, -0.2) is 0 Å². The minimum atomic E-state index is -0.315. The molecular formula is C19H21N3O4. The number of aromatic hydroxyl groups is 1. The first-order valence-electron chi connectivity index (χ1n) is 8.25. The highest BCUT2D eigenvalue weighted by molar-refractivity contribution is 6.07. The number of nitrogens with zero attached hydrogens (tertiary/aromatic N) is 1. The first-order valence-corrected chi connectivity index (χ1v) is 8.25. The van der Waals surface area contributed by atoms with Crippen molar-refractivity contribution in [3.8, 4) is 5.75 Å². The molecule has 0 saturated carbocycles. The van der Waals surface area contributed by atoms with Crippen LogP contribution in [0, 0.1) is 0 Å². The van der Waals surface area contributed by atoms with Gasteiger partial charge in [0, 0.05) is 19.8 Å². The first kappa shape index (κ1) is 17.6. The molecule has 0 radical (unpaired) electrons. The predicted molar refractivity (Wildman–Crippen MR) is 96.7 cm³/mol. The minimum absolute atomic E-state index is 0.0668. The van der Waals surface area contributed by atoms with Crippen LogP contribution in [0.2, 0.25) is 0 Å². The van der Waals surface area contributed by atoms with Gasteiger partial charge in [0.2, 0.25) is 0 Å². The summed E-state index contributed by atoms with van der Waals surface area (Å²) in [5.41, 5.74) is 1.60. The number of benzene rings is 1. The summed E-state index contributed by atoms with van der Waals surface area (Å²) < 4.78 is 5.36. The van der Waals surface area contributed by atoms with Crippen LogP contribution in [0.4, 0.5) is 5.69 Å². The highest BCUT2D eigenvalue weighted by Gasteiger charge is 2.30. The van der Waals surface area contributed by atoms with Crippen LogP contribution in [0.1, 0.15) is 35.5 Å². The maximum absolute atomic E-state index is 12.1. The fraction of sp³-hybridized carbons (Fsp3) is 0.263. The lowest BCUT2D eigenvalue weighted by Gasteiger charge is -2.27. The van der Waals surface area contributed by atoms with Crippen LogP contribution < -0.4 is 10.6 Å². The van der Waals surface area contributed by atoms with Gasteiger partial charge in [0.1, 0.15) is 11.5 Å². The number of carbonyl (C=O) groups excluding carboxylic acids is 2. The van der Waals surface area contributed by atoms with E-state index in [1.807, 2.05) is 13.0 Å². The van der Waals surface area contributed by atoms with E-state index in [4.69, 9.17) is 4.42 Å². The van der Waals surface area contributed by atoms with Gasteiger partial charge in [-0.3, -0.25) is 9.59 Å². The number of para-hydroxylation sites is 1. The second kappa shape index (κ2) is 6.95. The van der Waals surface area contributed by atoms with Crippen LogP contribution in [0.5, 0.6) is 5.75 Å². The molecule has 0 saturated heterocycles. The lowest BCUT2D eigenvalue weighted by atomic mass is 9.97. The molecule has 3 rings (SSSR count). The topological polar surface area (TPSA) is 94.8 Å². The molecule has 1 aliphatic carbocycles.